The first-order chi connectivity index (χ1) is 21.6. The molecule has 0 bridgehead atoms. The van der Waals surface area contributed by atoms with Crippen molar-refractivity contribution in [3.8, 4) is 12.1 Å². The van der Waals surface area contributed by atoms with Crippen LogP contribution in [-0.4, -0.2) is 25.2 Å². The normalized spacial score (nSPS) is 10.9. The maximum atomic E-state index is 12.6. The van der Waals surface area contributed by atoms with E-state index >= 15 is 0 Å². The third-order valence-electron chi connectivity index (χ3n) is 6.40. The van der Waals surface area contributed by atoms with E-state index in [2.05, 4.69) is 0 Å². The summed E-state index contributed by atoms with van der Waals surface area (Å²) in [7, 11) is 0. The van der Waals surface area contributed by atoms with Crippen LogP contribution in [0.1, 0.15) is 22.3 Å². The lowest BCUT2D eigenvalue weighted by atomic mass is 9.97. The summed E-state index contributed by atoms with van der Waals surface area (Å²) in [6.45, 7) is -0.573. The van der Waals surface area contributed by atoms with Crippen molar-refractivity contribution in [2.45, 2.75) is 0 Å². The van der Waals surface area contributed by atoms with Crippen LogP contribution in [0.4, 0.5) is 0 Å². The minimum Gasteiger partial charge on any atom is -0.458 e. The molecule has 0 spiro atoms. The molecule has 0 saturated carbocycles. The molecule has 4 aromatic rings. The molecule has 0 fully saturated rings. The van der Waals surface area contributed by atoms with Gasteiger partial charge in [0.2, 0.25) is 0 Å². The van der Waals surface area contributed by atoms with Crippen LogP contribution in [0.25, 0.3) is 11.1 Å². The van der Waals surface area contributed by atoms with Gasteiger partial charge in [0.05, 0.1) is 0 Å². The Hall–Kier alpha value is -6.24. The molecule has 6 nitrogen and oxygen atoms in total. The van der Waals surface area contributed by atoms with E-state index in [1.54, 1.807) is 12.2 Å². The van der Waals surface area contributed by atoms with Crippen molar-refractivity contribution < 1.29 is 19.1 Å². The second kappa shape index (κ2) is 16.3. The highest BCUT2D eigenvalue weighted by molar-refractivity contribution is 5.95. The van der Waals surface area contributed by atoms with Crippen molar-refractivity contribution in [3.63, 3.8) is 0 Å². The smallest absolute Gasteiger partial charge is 0.349 e. The number of carbonyl (C=O) groups is 2. The predicted molar refractivity (Wildman–Crippen MR) is 169 cm³/mol. The van der Waals surface area contributed by atoms with Gasteiger partial charge in [0.25, 0.3) is 0 Å². The van der Waals surface area contributed by atoms with E-state index in [-0.39, 0.29) is 24.4 Å². The first-order valence-electron chi connectivity index (χ1n) is 13.8. The quantitative estimate of drug-likeness (QED) is 0.0614. The molecule has 0 unspecified atom stereocenters. The van der Waals surface area contributed by atoms with Crippen LogP contribution >= 0.6 is 0 Å². The Kier molecular flexibility index (Phi) is 11.4. The van der Waals surface area contributed by atoms with Gasteiger partial charge in [0, 0.05) is 0 Å². The van der Waals surface area contributed by atoms with E-state index in [4.69, 9.17) is 9.47 Å². The number of nitrogens with zero attached hydrogens (tertiary/aromatic N) is 2. The van der Waals surface area contributed by atoms with E-state index in [9.17, 15) is 20.1 Å². The van der Waals surface area contributed by atoms with Gasteiger partial charge in [-0.25, -0.2) is 9.59 Å². The van der Waals surface area contributed by atoms with E-state index in [0.717, 1.165) is 33.4 Å². The Labute approximate surface area is 256 Å². The van der Waals surface area contributed by atoms with E-state index in [1.165, 1.54) is 12.2 Å². The molecule has 214 valence electrons. The van der Waals surface area contributed by atoms with Gasteiger partial charge in [-0.2, -0.15) is 10.5 Å². The van der Waals surface area contributed by atoms with Crippen LogP contribution in [0.15, 0.2) is 157 Å². The summed E-state index contributed by atoms with van der Waals surface area (Å²) in [5.74, 6) is -1.70. The summed E-state index contributed by atoms with van der Waals surface area (Å²) in [4.78, 5) is 25.2. The maximum absolute atomic E-state index is 12.6. The van der Waals surface area contributed by atoms with Gasteiger partial charge in [-0.05, 0) is 45.6 Å². The third kappa shape index (κ3) is 8.63. The fraction of sp³-hybridized carbons (Fsp3) is 0.0526. The van der Waals surface area contributed by atoms with Crippen molar-refractivity contribution in [2.75, 3.05) is 13.2 Å². The lowest BCUT2D eigenvalue weighted by Crippen LogP contribution is -2.15. The predicted octanol–water partition coefficient (Wildman–Crippen LogP) is 7.24. The van der Waals surface area contributed by atoms with Crippen LogP contribution in [0.2, 0.25) is 0 Å². The highest BCUT2D eigenvalue weighted by Gasteiger charge is 2.14. The van der Waals surface area contributed by atoms with Crippen LogP contribution in [0, 0.1) is 22.7 Å². The molecule has 0 aliphatic rings. The Morgan fingerprint density at radius 2 is 0.750 bits per heavy atom. The van der Waals surface area contributed by atoms with Gasteiger partial charge in [0.1, 0.15) is 36.5 Å². The van der Waals surface area contributed by atoms with Gasteiger partial charge in [-0.3, -0.25) is 0 Å². The van der Waals surface area contributed by atoms with Crippen LogP contribution < -0.4 is 0 Å². The van der Waals surface area contributed by atoms with Crippen molar-refractivity contribution in [1.82, 2.24) is 0 Å². The van der Waals surface area contributed by atoms with Crippen LogP contribution in [-0.2, 0) is 19.1 Å². The lowest BCUT2D eigenvalue weighted by molar-refractivity contribution is -0.146. The Morgan fingerprint density at radius 1 is 0.477 bits per heavy atom. The van der Waals surface area contributed by atoms with Crippen molar-refractivity contribution in [3.05, 3.63) is 179 Å². The molecule has 0 aromatic heterocycles. The topological polar surface area (TPSA) is 100 Å². The molecule has 0 radical (unpaired) electrons. The van der Waals surface area contributed by atoms with Gasteiger partial charge in [-0.1, -0.05) is 133 Å². The number of rotatable bonds is 11. The summed E-state index contributed by atoms with van der Waals surface area (Å²) in [6, 6.07) is 42.1. The summed E-state index contributed by atoms with van der Waals surface area (Å²) >= 11 is 0. The number of carbonyl (C=O) groups excluding carboxylic acids is 2. The van der Waals surface area contributed by atoms with Gasteiger partial charge in [0.15, 0.2) is 0 Å². The first kappa shape index (κ1) is 30.7. The third-order valence-corrected chi connectivity index (χ3v) is 6.40. The Balaban J connectivity index is 1.40. The summed E-state index contributed by atoms with van der Waals surface area (Å²) in [5, 5.41) is 19.2. The molecule has 0 atom stereocenters. The summed E-state index contributed by atoms with van der Waals surface area (Å²) < 4.78 is 10.3. The number of esters is 2. The summed E-state index contributed by atoms with van der Waals surface area (Å²) in [5.41, 5.74) is 4.91. The Bertz CT molecular complexity index is 1560. The molecule has 4 aromatic carbocycles. The molecular formula is C38H28N2O4. The highest BCUT2D eigenvalue weighted by Crippen LogP contribution is 2.25. The molecule has 0 N–H and O–H groups in total. The second-order valence-corrected chi connectivity index (χ2v) is 9.28. The van der Waals surface area contributed by atoms with Crippen molar-refractivity contribution >= 4 is 23.1 Å². The van der Waals surface area contributed by atoms with E-state index in [1.807, 2.05) is 133 Å². The zero-order chi connectivity index (χ0) is 31.0. The Morgan fingerprint density at radius 3 is 1.00 bits per heavy atom. The number of benzene rings is 4. The van der Waals surface area contributed by atoms with E-state index < -0.39 is 11.9 Å². The molecule has 0 aliphatic carbocycles. The average molecular weight is 577 g/mol. The number of ether oxygens (including phenoxy) is 2. The molecule has 0 amide bonds. The van der Waals surface area contributed by atoms with Gasteiger partial charge < -0.3 is 9.47 Å². The fourth-order valence-electron chi connectivity index (χ4n) is 4.25. The molecule has 0 aliphatic heterocycles. The van der Waals surface area contributed by atoms with Gasteiger partial charge in [-0.15, -0.1) is 0 Å². The zero-order valence-electron chi connectivity index (χ0n) is 23.8. The van der Waals surface area contributed by atoms with E-state index in [0.29, 0.717) is 0 Å². The van der Waals surface area contributed by atoms with Crippen LogP contribution in [0.3, 0.4) is 0 Å². The molecule has 4 rings (SSSR count). The fourth-order valence-corrected chi connectivity index (χ4v) is 4.25. The summed E-state index contributed by atoms with van der Waals surface area (Å²) in [6.07, 6.45) is 6.20. The molecular weight excluding hydrogens is 548 g/mol. The standard InChI is InChI=1S/C38H28N2O4/c39-27-33(21-23-35(29-13-5-1-6-14-29)30-15-7-2-8-16-30)37(41)43-25-26-44-38(42)34(28-40)22-24-36(31-17-9-3-10-18-31)32-19-11-4-12-20-32/h1-24H,25-26H2/b33-21-,34-22-. The van der Waals surface area contributed by atoms with Crippen LogP contribution in [0.5, 0.6) is 0 Å². The minimum atomic E-state index is -0.852. The SMILES string of the molecule is N#C/C(=C/C=C(c1ccccc1)c1ccccc1)C(=O)OCCOC(=O)/C(C#N)=C\C=C(c1ccccc1)c1ccccc1. The number of allylic oxidation sites excluding steroid dienone is 4. The largest absolute Gasteiger partial charge is 0.458 e. The molecule has 0 saturated heterocycles. The average Bonchev–Trinajstić information content (AvgIpc) is 3.08. The maximum Gasteiger partial charge on any atom is 0.349 e. The first-order valence-corrected chi connectivity index (χ1v) is 13.8. The lowest BCUT2D eigenvalue weighted by Gasteiger charge is -2.08. The monoisotopic (exact) mass is 576 g/mol. The zero-order valence-corrected chi connectivity index (χ0v) is 23.8. The number of hydrogen-bond acceptors (Lipinski definition) is 6. The highest BCUT2D eigenvalue weighted by atomic mass is 16.6. The van der Waals surface area contributed by atoms with Gasteiger partial charge >= 0.3 is 11.9 Å². The number of hydrogen-bond donors (Lipinski definition) is 0. The minimum absolute atomic E-state index is 0.210. The van der Waals surface area contributed by atoms with Crippen molar-refractivity contribution in [2.24, 2.45) is 0 Å². The second-order valence-electron chi connectivity index (χ2n) is 9.28. The molecule has 0 heterocycles. The van der Waals surface area contributed by atoms with Crippen molar-refractivity contribution in [1.29, 1.82) is 10.5 Å². The molecule has 44 heavy (non-hydrogen) atoms. The number of nitriles is 2. The molecule has 6 heteroatoms.